The molecule has 0 bridgehead atoms. The number of fused-ring (bicyclic) bond motifs is 4. The summed E-state index contributed by atoms with van der Waals surface area (Å²) in [7, 11) is -6.09. The lowest BCUT2D eigenvalue weighted by molar-refractivity contribution is 0.596. The van der Waals surface area contributed by atoms with Gasteiger partial charge in [-0.2, -0.15) is 0 Å². The van der Waals surface area contributed by atoms with Crippen LogP contribution in [0.1, 0.15) is 22.3 Å². The van der Waals surface area contributed by atoms with E-state index in [9.17, 15) is 16.8 Å². The number of sulfone groups is 2. The molecule has 0 aromatic heterocycles. The van der Waals surface area contributed by atoms with Crippen molar-refractivity contribution in [3.63, 3.8) is 0 Å². The summed E-state index contributed by atoms with van der Waals surface area (Å²) in [5.41, 5.74) is 3.35. The standard InChI is InChI=1S/C14H12O4S2/c15-19(16)6-11-3-9-1-2-10-5-20(17,18)8-14(10)13(9)4-12(11)7-19/h1-4H,5-8H2. The Morgan fingerprint density at radius 3 is 2.05 bits per heavy atom. The van der Waals surface area contributed by atoms with Gasteiger partial charge in [0.1, 0.15) is 0 Å². The maximum atomic E-state index is 11.8. The molecule has 0 saturated heterocycles. The summed E-state index contributed by atoms with van der Waals surface area (Å²) in [5, 5.41) is 1.82. The first-order chi connectivity index (χ1) is 9.33. The highest BCUT2D eigenvalue weighted by Gasteiger charge is 2.29. The zero-order valence-electron chi connectivity index (χ0n) is 10.6. The van der Waals surface area contributed by atoms with Crippen LogP contribution in [0.15, 0.2) is 24.3 Å². The zero-order chi connectivity index (χ0) is 14.1. The van der Waals surface area contributed by atoms with E-state index in [1.807, 2.05) is 24.3 Å². The SMILES string of the molecule is O=S1(=O)Cc2cc3ccc4c(c3cc2C1)CS(=O)(=O)C4. The molecule has 0 amide bonds. The molecule has 4 rings (SSSR count). The molecule has 104 valence electrons. The van der Waals surface area contributed by atoms with Crippen molar-refractivity contribution in [2.45, 2.75) is 23.0 Å². The van der Waals surface area contributed by atoms with Gasteiger partial charge in [-0.05, 0) is 45.2 Å². The second-order valence-electron chi connectivity index (χ2n) is 5.61. The van der Waals surface area contributed by atoms with E-state index >= 15 is 0 Å². The summed E-state index contributed by atoms with van der Waals surface area (Å²) in [6.45, 7) is 0. The highest BCUT2D eigenvalue weighted by atomic mass is 32.2. The molecule has 0 spiro atoms. The van der Waals surface area contributed by atoms with Crippen molar-refractivity contribution in [2.24, 2.45) is 0 Å². The van der Waals surface area contributed by atoms with Crippen LogP contribution >= 0.6 is 0 Å². The average molecular weight is 308 g/mol. The van der Waals surface area contributed by atoms with Crippen LogP contribution in [0.3, 0.4) is 0 Å². The van der Waals surface area contributed by atoms with Crippen LogP contribution in [0.4, 0.5) is 0 Å². The fourth-order valence-electron chi connectivity index (χ4n) is 3.18. The van der Waals surface area contributed by atoms with Crippen LogP contribution in [0.2, 0.25) is 0 Å². The molecule has 4 nitrogen and oxygen atoms in total. The van der Waals surface area contributed by atoms with Gasteiger partial charge in [0.2, 0.25) is 0 Å². The van der Waals surface area contributed by atoms with Gasteiger partial charge in [0.05, 0.1) is 23.0 Å². The molecule has 0 radical (unpaired) electrons. The molecule has 6 heteroatoms. The van der Waals surface area contributed by atoms with Crippen LogP contribution in [0, 0.1) is 0 Å². The lowest BCUT2D eigenvalue weighted by atomic mass is 9.97. The van der Waals surface area contributed by atoms with Crippen molar-refractivity contribution in [3.8, 4) is 0 Å². The molecule has 0 fully saturated rings. The normalized spacial score (nSPS) is 21.8. The first-order valence-corrected chi connectivity index (χ1v) is 9.94. The molecular weight excluding hydrogens is 296 g/mol. The molecule has 0 N–H and O–H groups in total. The molecule has 0 atom stereocenters. The second kappa shape index (κ2) is 3.62. The van der Waals surface area contributed by atoms with Gasteiger partial charge in [0.25, 0.3) is 0 Å². The fourth-order valence-corrected chi connectivity index (χ4v) is 6.39. The Hall–Kier alpha value is -1.40. The van der Waals surface area contributed by atoms with Crippen molar-refractivity contribution >= 4 is 30.4 Å². The largest absolute Gasteiger partial charge is 0.228 e. The van der Waals surface area contributed by atoms with Gasteiger partial charge in [-0.25, -0.2) is 16.8 Å². The van der Waals surface area contributed by atoms with Crippen LogP contribution in [0.25, 0.3) is 10.8 Å². The lowest BCUT2D eigenvalue weighted by Crippen LogP contribution is -1.96. The quantitative estimate of drug-likeness (QED) is 0.743. The van der Waals surface area contributed by atoms with E-state index in [-0.39, 0.29) is 23.0 Å². The van der Waals surface area contributed by atoms with Gasteiger partial charge < -0.3 is 0 Å². The number of rotatable bonds is 0. The topological polar surface area (TPSA) is 68.3 Å². The highest BCUT2D eigenvalue weighted by molar-refractivity contribution is 7.90. The monoisotopic (exact) mass is 308 g/mol. The minimum absolute atomic E-state index is 0.0607. The first kappa shape index (κ1) is 12.3. The zero-order valence-corrected chi connectivity index (χ0v) is 12.2. The summed E-state index contributed by atoms with van der Waals surface area (Å²) in [5.74, 6) is 0.307. The Bertz CT molecular complexity index is 970. The molecular formula is C14H12O4S2. The first-order valence-electron chi connectivity index (χ1n) is 6.30. The molecule has 2 aromatic carbocycles. The van der Waals surface area contributed by atoms with Crippen molar-refractivity contribution < 1.29 is 16.8 Å². The Morgan fingerprint density at radius 2 is 1.30 bits per heavy atom. The van der Waals surface area contributed by atoms with Gasteiger partial charge in [0, 0.05) is 0 Å². The van der Waals surface area contributed by atoms with E-state index in [2.05, 4.69) is 0 Å². The van der Waals surface area contributed by atoms with Gasteiger partial charge in [-0.3, -0.25) is 0 Å². The number of benzene rings is 2. The van der Waals surface area contributed by atoms with E-state index in [0.717, 1.165) is 33.0 Å². The minimum Gasteiger partial charge on any atom is -0.228 e. The number of hydrogen-bond acceptors (Lipinski definition) is 4. The molecule has 0 aliphatic carbocycles. The van der Waals surface area contributed by atoms with Crippen LogP contribution < -0.4 is 0 Å². The van der Waals surface area contributed by atoms with Crippen LogP contribution in [-0.2, 0) is 42.7 Å². The Labute approximate surface area is 117 Å². The molecule has 2 aliphatic rings. The van der Waals surface area contributed by atoms with Gasteiger partial charge in [-0.15, -0.1) is 0 Å². The molecule has 20 heavy (non-hydrogen) atoms. The predicted octanol–water partition coefficient (Wildman–Crippen LogP) is 1.70. The van der Waals surface area contributed by atoms with E-state index in [4.69, 9.17) is 0 Å². The fraction of sp³-hybridized carbons (Fsp3) is 0.286. The minimum atomic E-state index is -3.05. The lowest BCUT2D eigenvalue weighted by Gasteiger charge is -2.07. The highest BCUT2D eigenvalue weighted by Crippen LogP contribution is 2.36. The third-order valence-electron chi connectivity index (χ3n) is 4.04. The van der Waals surface area contributed by atoms with Crippen molar-refractivity contribution in [1.82, 2.24) is 0 Å². The molecule has 2 heterocycles. The van der Waals surface area contributed by atoms with E-state index in [0.29, 0.717) is 0 Å². The third-order valence-corrected chi connectivity index (χ3v) is 7.02. The molecule has 0 saturated carbocycles. The van der Waals surface area contributed by atoms with Gasteiger partial charge in [-0.1, -0.05) is 12.1 Å². The summed E-state index contributed by atoms with van der Waals surface area (Å²) in [6.07, 6.45) is 0. The van der Waals surface area contributed by atoms with Gasteiger partial charge in [0.15, 0.2) is 19.7 Å². The summed E-state index contributed by atoms with van der Waals surface area (Å²) in [6, 6.07) is 7.49. The van der Waals surface area contributed by atoms with Crippen LogP contribution in [0.5, 0.6) is 0 Å². The maximum Gasteiger partial charge on any atom is 0.158 e. The summed E-state index contributed by atoms with van der Waals surface area (Å²) in [4.78, 5) is 0. The number of hydrogen-bond donors (Lipinski definition) is 0. The Kier molecular flexibility index (Phi) is 2.24. The molecule has 0 unspecified atom stereocenters. The summed E-state index contributed by atoms with van der Waals surface area (Å²) >= 11 is 0. The second-order valence-corrected chi connectivity index (χ2v) is 9.74. The van der Waals surface area contributed by atoms with Crippen molar-refractivity contribution in [2.75, 3.05) is 0 Å². The van der Waals surface area contributed by atoms with E-state index in [1.165, 1.54) is 0 Å². The molecule has 2 aliphatic heterocycles. The summed E-state index contributed by atoms with van der Waals surface area (Å²) < 4.78 is 47.0. The van der Waals surface area contributed by atoms with E-state index in [1.54, 1.807) is 0 Å². The van der Waals surface area contributed by atoms with Crippen LogP contribution in [-0.4, -0.2) is 16.8 Å². The molecule has 2 aromatic rings. The van der Waals surface area contributed by atoms with Gasteiger partial charge >= 0.3 is 0 Å². The Balaban J connectivity index is 2.02. The van der Waals surface area contributed by atoms with E-state index < -0.39 is 19.7 Å². The third kappa shape index (κ3) is 1.78. The van der Waals surface area contributed by atoms with Crippen molar-refractivity contribution in [3.05, 3.63) is 46.5 Å². The Morgan fingerprint density at radius 1 is 0.700 bits per heavy atom. The van der Waals surface area contributed by atoms with Crippen molar-refractivity contribution in [1.29, 1.82) is 0 Å². The maximum absolute atomic E-state index is 11.8. The predicted molar refractivity (Wildman–Crippen MR) is 76.6 cm³/mol. The smallest absolute Gasteiger partial charge is 0.158 e. The average Bonchev–Trinajstić information content (AvgIpc) is 2.79.